The largest absolute Gasteiger partial charge is 0.395 e. The van der Waals surface area contributed by atoms with Gasteiger partial charge in [0, 0.05) is 19.2 Å². The van der Waals surface area contributed by atoms with Crippen molar-refractivity contribution in [2.45, 2.75) is 45.3 Å². The van der Waals surface area contributed by atoms with Gasteiger partial charge in [0.1, 0.15) is 0 Å². The number of hydrogen-bond acceptors (Lipinski definition) is 3. The first-order valence-electron chi connectivity index (χ1n) is 5.70. The van der Waals surface area contributed by atoms with Gasteiger partial charge in [0.25, 0.3) is 0 Å². The summed E-state index contributed by atoms with van der Waals surface area (Å²) in [5.74, 6) is 0.476. The highest BCUT2D eigenvalue weighted by molar-refractivity contribution is 4.73. The van der Waals surface area contributed by atoms with Crippen LogP contribution < -0.4 is 5.32 Å². The van der Waals surface area contributed by atoms with Crippen LogP contribution in [0.3, 0.4) is 0 Å². The van der Waals surface area contributed by atoms with Gasteiger partial charge in [-0.25, -0.2) is 0 Å². The predicted octanol–water partition coefficient (Wildman–Crippen LogP) is 1.16. The quantitative estimate of drug-likeness (QED) is 0.701. The van der Waals surface area contributed by atoms with Crippen molar-refractivity contribution in [3.05, 3.63) is 0 Å². The van der Waals surface area contributed by atoms with E-state index in [1.807, 2.05) is 0 Å². The lowest BCUT2D eigenvalue weighted by Crippen LogP contribution is -2.42. The van der Waals surface area contributed by atoms with Gasteiger partial charge < -0.3 is 15.2 Å². The Morgan fingerprint density at radius 1 is 1.43 bits per heavy atom. The van der Waals surface area contributed by atoms with E-state index in [0.29, 0.717) is 12.0 Å². The van der Waals surface area contributed by atoms with Gasteiger partial charge in [-0.3, -0.25) is 0 Å². The summed E-state index contributed by atoms with van der Waals surface area (Å²) >= 11 is 0. The molecule has 14 heavy (non-hydrogen) atoms. The molecule has 0 aromatic carbocycles. The van der Waals surface area contributed by atoms with Gasteiger partial charge in [-0.15, -0.1) is 0 Å². The third-order valence-electron chi connectivity index (χ3n) is 2.88. The van der Waals surface area contributed by atoms with E-state index in [0.717, 1.165) is 19.6 Å². The summed E-state index contributed by atoms with van der Waals surface area (Å²) in [6, 6.07) is 0.209. The molecule has 0 amide bonds. The molecule has 1 saturated heterocycles. The second-order valence-corrected chi connectivity index (χ2v) is 4.43. The van der Waals surface area contributed by atoms with Crippen LogP contribution >= 0.6 is 0 Å². The molecule has 1 fully saturated rings. The Hall–Kier alpha value is -0.120. The molecule has 1 aliphatic rings. The van der Waals surface area contributed by atoms with Gasteiger partial charge in [0.05, 0.1) is 12.7 Å². The fourth-order valence-corrected chi connectivity index (χ4v) is 1.76. The van der Waals surface area contributed by atoms with Crippen LogP contribution in [-0.2, 0) is 4.74 Å². The van der Waals surface area contributed by atoms with E-state index in [1.54, 1.807) is 0 Å². The lowest BCUT2D eigenvalue weighted by molar-refractivity contribution is 0.0130. The molecular formula is C11H23NO2. The van der Waals surface area contributed by atoms with E-state index in [1.165, 1.54) is 12.8 Å². The fraction of sp³-hybridized carbons (Fsp3) is 1.00. The molecule has 3 nitrogen and oxygen atoms in total. The molecule has 0 spiro atoms. The molecule has 2 N–H and O–H groups in total. The Labute approximate surface area is 86.8 Å². The molecule has 0 bridgehead atoms. The number of rotatable bonds is 5. The zero-order chi connectivity index (χ0) is 10.4. The van der Waals surface area contributed by atoms with Crippen molar-refractivity contribution >= 4 is 0 Å². The second kappa shape index (κ2) is 6.38. The summed E-state index contributed by atoms with van der Waals surface area (Å²) in [4.78, 5) is 0. The van der Waals surface area contributed by atoms with Gasteiger partial charge in [0.15, 0.2) is 0 Å². The van der Waals surface area contributed by atoms with Gasteiger partial charge in [-0.1, -0.05) is 13.8 Å². The Bertz CT molecular complexity index is 144. The van der Waals surface area contributed by atoms with Crippen molar-refractivity contribution in [1.82, 2.24) is 5.32 Å². The molecule has 0 aliphatic carbocycles. The molecule has 1 aliphatic heterocycles. The van der Waals surface area contributed by atoms with Crippen molar-refractivity contribution in [3.8, 4) is 0 Å². The van der Waals surface area contributed by atoms with Gasteiger partial charge in [0.2, 0.25) is 0 Å². The molecule has 1 unspecified atom stereocenters. The maximum atomic E-state index is 9.12. The van der Waals surface area contributed by atoms with Crippen LogP contribution in [0.5, 0.6) is 0 Å². The second-order valence-electron chi connectivity index (χ2n) is 4.43. The SMILES string of the molecule is CC(C)[C@@H](CO)NCC1CCCCO1. The lowest BCUT2D eigenvalue weighted by Gasteiger charge is -2.26. The first-order valence-corrected chi connectivity index (χ1v) is 5.70. The molecule has 1 rings (SSSR count). The van der Waals surface area contributed by atoms with Gasteiger partial charge in [-0.2, -0.15) is 0 Å². The summed E-state index contributed by atoms with van der Waals surface area (Å²) in [5.41, 5.74) is 0. The van der Waals surface area contributed by atoms with Crippen LogP contribution in [-0.4, -0.2) is 37.0 Å². The number of aliphatic hydroxyl groups excluding tert-OH is 1. The van der Waals surface area contributed by atoms with E-state index >= 15 is 0 Å². The first kappa shape index (κ1) is 12.0. The van der Waals surface area contributed by atoms with Crippen LogP contribution in [0.1, 0.15) is 33.1 Å². The number of ether oxygens (including phenoxy) is 1. The van der Waals surface area contributed by atoms with E-state index < -0.39 is 0 Å². The average molecular weight is 201 g/mol. The molecule has 0 aromatic rings. The smallest absolute Gasteiger partial charge is 0.0699 e. The molecule has 0 radical (unpaired) electrons. The molecule has 3 heteroatoms. The third kappa shape index (κ3) is 3.95. The minimum atomic E-state index is 0.209. The first-order chi connectivity index (χ1) is 6.74. The fourth-order valence-electron chi connectivity index (χ4n) is 1.76. The van der Waals surface area contributed by atoms with Crippen molar-refractivity contribution in [2.24, 2.45) is 5.92 Å². The maximum absolute atomic E-state index is 9.12. The summed E-state index contributed by atoms with van der Waals surface area (Å²) in [5, 5.41) is 12.5. The number of nitrogens with one attached hydrogen (secondary N) is 1. The van der Waals surface area contributed by atoms with Gasteiger partial charge in [-0.05, 0) is 25.2 Å². The van der Waals surface area contributed by atoms with Crippen molar-refractivity contribution in [3.63, 3.8) is 0 Å². The number of aliphatic hydroxyl groups is 1. The average Bonchev–Trinajstić information content (AvgIpc) is 2.20. The normalized spacial score (nSPS) is 25.3. The van der Waals surface area contributed by atoms with Crippen molar-refractivity contribution in [2.75, 3.05) is 19.8 Å². The van der Waals surface area contributed by atoms with Crippen molar-refractivity contribution < 1.29 is 9.84 Å². The topological polar surface area (TPSA) is 41.5 Å². The Balaban J connectivity index is 2.16. The van der Waals surface area contributed by atoms with Crippen LogP contribution in [0.2, 0.25) is 0 Å². The van der Waals surface area contributed by atoms with Gasteiger partial charge >= 0.3 is 0 Å². The van der Waals surface area contributed by atoms with Crippen LogP contribution in [0, 0.1) is 5.92 Å². The highest BCUT2D eigenvalue weighted by Gasteiger charge is 2.17. The zero-order valence-corrected chi connectivity index (χ0v) is 9.33. The highest BCUT2D eigenvalue weighted by Crippen LogP contribution is 2.12. The summed E-state index contributed by atoms with van der Waals surface area (Å²) in [6.07, 6.45) is 3.99. The molecule has 84 valence electrons. The third-order valence-corrected chi connectivity index (χ3v) is 2.88. The van der Waals surface area contributed by atoms with E-state index in [4.69, 9.17) is 9.84 Å². The van der Waals surface area contributed by atoms with Crippen LogP contribution in [0.4, 0.5) is 0 Å². The van der Waals surface area contributed by atoms with E-state index in [-0.39, 0.29) is 12.6 Å². The molecule has 1 heterocycles. The van der Waals surface area contributed by atoms with Crippen molar-refractivity contribution in [1.29, 1.82) is 0 Å². The lowest BCUT2D eigenvalue weighted by atomic mass is 10.0. The Morgan fingerprint density at radius 3 is 2.71 bits per heavy atom. The van der Waals surface area contributed by atoms with E-state index in [2.05, 4.69) is 19.2 Å². The zero-order valence-electron chi connectivity index (χ0n) is 9.33. The minimum absolute atomic E-state index is 0.209. The van der Waals surface area contributed by atoms with E-state index in [9.17, 15) is 0 Å². The van der Waals surface area contributed by atoms with Crippen LogP contribution in [0.15, 0.2) is 0 Å². The summed E-state index contributed by atoms with van der Waals surface area (Å²) in [6.45, 7) is 6.23. The molecular weight excluding hydrogens is 178 g/mol. The minimum Gasteiger partial charge on any atom is -0.395 e. The standard InChI is InChI=1S/C11H23NO2/c1-9(2)11(8-13)12-7-10-5-3-4-6-14-10/h9-13H,3-8H2,1-2H3/t10?,11-/m1/s1. The Morgan fingerprint density at radius 2 is 2.21 bits per heavy atom. The highest BCUT2D eigenvalue weighted by atomic mass is 16.5. The predicted molar refractivity (Wildman–Crippen MR) is 57.3 cm³/mol. The molecule has 0 aromatic heterocycles. The number of hydrogen-bond donors (Lipinski definition) is 2. The summed E-state index contributed by atoms with van der Waals surface area (Å²) in [7, 11) is 0. The molecule has 0 saturated carbocycles. The molecule has 2 atom stereocenters. The Kier molecular flexibility index (Phi) is 5.45. The van der Waals surface area contributed by atoms with Crippen LogP contribution in [0.25, 0.3) is 0 Å². The monoisotopic (exact) mass is 201 g/mol. The maximum Gasteiger partial charge on any atom is 0.0699 e. The summed E-state index contributed by atoms with van der Waals surface area (Å²) < 4.78 is 5.61.